The lowest BCUT2D eigenvalue weighted by atomic mass is 9.48. The van der Waals surface area contributed by atoms with Crippen LogP contribution in [-0.4, -0.2) is 0 Å². The molecule has 6 aromatic rings. The van der Waals surface area contributed by atoms with Crippen molar-refractivity contribution in [2.45, 2.75) is 43.9 Å². The Bertz CT molecular complexity index is 1940. The highest BCUT2D eigenvalue weighted by molar-refractivity contribution is 9.10. The molecule has 0 aromatic heterocycles. The Morgan fingerprint density at radius 3 is 1.73 bits per heavy atom. The number of rotatable bonds is 3. The number of halogens is 1. The Balaban J connectivity index is 1.25. The van der Waals surface area contributed by atoms with Crippen LogP contribution in [0.15, 0.2) is 114 Å². The molecule has 41 heavy (non-hydrogen) atoms. The van der Waals surface area contributed by atoms with E-state index in [1.807, 2.05) is 0 Å². The van der Waals surface area contributed by atoms with E-state index in [0.29, 0.717) is 5.41 Å². The molecule has 0 atom stereocenters. The van der Waals surface area contributed by atoms with E-state index in [2.05, 4.69) is 125 Å². The molecule has 0 heterocycles. The average molecular weight is 594 g/mol. The van der Waals surface area contributed by atoms with E-state index in [0.717, 1.165) is 22.2 Å². The van der Waals surface area contributed by atoms with Crippen LogP contribution in [0.1, 0.15) is 44.1 Å². The zero-order valence-corrected chi connectivity index (χ0v) is 24.8. The first-order valence-electron chi connectivity index (χ1n) is 15.4. The molecular formula is C40H33Br. The van der Waals surface area contributed by atoms with Crippen LogP contribution in [0, 0.1) is 17.8 Å². The second-order valence-corrected chi connectivity index (χ2v) is 14.2. The van der Waals surface area contributed by atoms with Crippen molar-refractivity contribution in [2.24, 2.45) is 17.8 Å². The highest BCUT2D eigenvalue weighted by Crippen LogP contribution is 2.61. The lowest BCUT2D eigenvalue weighted by Crippen LogP contribution is -2.48. The molecule has 4 bridgehead atoms. The first kappa shape index (κ1) is 24.2. The maximum absolute atomic E-state index is 3.82. The molecule has 0 nitrogen and oxygen atoms in total. The van der Waals surface area contributed by atoms with Gasteiger partial charge in [-0.2, -0.15) is 0 Å². The third-order valence-corrected chi connectivity index (χ3v) is 11.3. The Hall–Kier alpha value is -3.42. The molecule has 4 aliphatic rings. The van der Waals surface area contributed by atoms with Crippen molar-refractivity contribution in [2.75, 3.05) is 0 Å². The summed E-state index contributed by atoms with van der Waals surface area (Å²) in [5.74, 6) is 2.90. The SMILES string of the molecule is Brc1ccc2c(-c3ccc4ccccc4c3)c3ccccc3c(-c3ccc(C45CC6CC(CC(C6)C4)C5)cc3)c2c1. The Labute approximate surface area is 250 Å². The van der Waals surface area contributed by atoms with Gasteiger partial charge in [-0.3, -0.25) is 0 Å². The van der Waals surface area contributed by atoms with Crippen molar-refractivity contribution in [3.63, 3.8) is 0 Å². The van der Waals surface area contributed by atoms with Crippen LogP contribution in [0.5, 0.6) is 0 Å². The van der Waals surface area contributed by atoms with Crippen molar-refractivity contribution in [1.29, 1.82) is 0 Å². The van der Waals surface area contributed by atoms with Gasteiger partial charge in [-0.1, -0.05) is 107 Å². The second kappa shape index (κ2) is 9.04. The number of hydrogen-bond acceptors (Lipinski definition) is 0. The molecule has 0 aliphatic heterocycles. The first-order chi connectivity index (χ1) is 20.1. The van der Waals surface area contributed by atoms with Crippen LogP contribution in [0.4, 0.5) is 0 Å². The van der Waals surface area contributed by atoms with Crippen LogP contribution < -0.4 is 0 Å². The van der Waals surface area contributed by atoms with Crippen LogP contribution >= 0.6 is 15.9 Å². The minimum atomic E-state index is 0.431. The van der Waals surface area contributed by atoms with E-state index >= 15 is 0 Å². The van der Waals surface area contributed by atoms with Gasteiger partial charge in [-0.15, -0.1) is 0 Å². The maximum atomic E-state index is 3.82. The highest BCUT2D eigenvalue weighted by atomic mass is 79.9. The van der Waals surface area contributed by atoms with Crippen molar-refractivity contribution in [3.8, 4) is 22.3 Å². The van der Waals surface area contributed by atoms with Gasteiger partial charge < -0.3 is 0 Å². The number of benzene rings is 6. The topological polar surface area (TPSA) is 0 Å². The summed E-state index contributed by atoms with van der Waals surface area (Å²) in [6.07, 6.45) is 8.72. The molecule has 10 rings (SSSR count). The van der Waals surface area contributed by atoms with E-state index in [1.54, 1.807) is 5.56 Å². The predicted molar refractivity (Wildman–Crippen MR) is 177 cm³/mol. The summed E-state index contributed by atoms with van der Waals surface area (Å²) in [4.78, 5) is 0. The fraction of sp³-hybridized carbons (Fsp3) is 0.250. The fourth-order valence-corrected chi connectivity index (χ4v) is 9.93. The Kier molecular flexibility index (Phi) is 5.34. The third-order valence-electron chi connectivity index (χ3n) is 10.8. The highest BCUT2D eigenvalue weighted by Gasteiger charge is 2.51. The summed E-state index contributed by atoms with van der Waals surface area (Å²) in [5, 5.41) is 7.82. The summed E-state index contributed by atoms with van der Waals surface area (Å²) >= 11 is 3.82. The second-order valence-electron chi connectivity index (χ2n) is 13.3. The summed E-state index contributed by atoms with van der Waals surface area (Å²) in [6, 6.07) is 41.3. The molecule has 0 N–H and O–H groups in total. The fourth-order valence-electron chi connectivity index (χ4n) is 9.57. The first-order valence-corrected chi connectivity index (χ1v) is 16.2. The third kappa shape index (κ3) is 3.78. The Morgan fingerprint density at radius 2 is 1.05 bits per heavy atom. The molecule has 4 saturated carbocycles. The van der Waals surface area contributed by atoms with Crippen molar-refractivity contribution < 1.29 is 0 Å². The lowest BCUT2D eigenvalue weighted by molar-refractivity contribution is -0.00518. The van der Waals surface area contributed by atoms with Gasteiger partial charge in [-0.05, 0) is 140 Å². The summed E-state index contributed by atoms with van der Waals surface area (Å²) in [5.41, 5.74) is 7.29. The largest absolute Gasteiger partial charge is 0.0616 e. The Morgan fingerprint density at radius 1 is 0.488 bits per heavy atom. The van der Waals surface area contributed by atoms with Gasteiger partial charge >= 0.3 is 0 Å². The van der Waals surface area contributed by atoms with Crippen molar-refractivity contribution >= 4 is 48.2 Å². The van der Waals surface area contributed by atoms with Crippen LogP contribution in [0.3, 0.4) is 0 Å². The number of fused-ring (bicyclic) bond motifs is 3. The summed E-state index contributed by atoms with van der Waals surface area (Å²) in [6.45, 7) is 0. The van der Waals surface area contributed by atoms with Gasteiger partial charge in [0.05, 0.1) is 0 Å². The minimum absolute atomic E-state index is 0.431. The molecule has 6 aromatic carbocycles. The normalized spacial score (nSPS) is 25.0. The molecule has 0 unspecified atom stereocenters. The zero-order valence-electron chi connectivity index (χ0n) is 23.2. The van der Waals surface area contributed by atoms with E-state index in [-0.39, 0.29) is 0 Å². The quantitative estimate of drug-likeness (QED) is 0.179. The van der Waals surface area contributed by atoms with E-state index in [1.165, 1.54) is 93.1 Å². The van der Waals surface area contributed by atoms with E-state index in [9.17, 15) is 0 Å². The zero-order chi connectivity index (χ0) is 27.1. The standard InChI is InChI=1S/C40H33Br/c41-33-15-16-36-37(21-33)38(29-11-13-32(14-12-29)40-22-25-17-26(23-40)19-27(18-25)24-40)34-7-3-4-8-35(34)39(36)31-10-9-28-5-1-2-6-30(28)20-31/h1-16,20-21,25-27H,17-19,22-24H2. The summed E-state index contributed by atoms with van der Waals surface area (Å²) < 4.78 is 1.12. The van der Waals surface area contributed by atoms with Crippen molar-refractivity contribution in [1.82, 2.24) is 0 Å². The molecule has 4 aliphatic carbocycles. The van der Waals surface area contributed by atoms with Gasteiger partial charge in [0.1, 0.15) is 0 Å². The molecule has 4 fully saturated rings. The van der Waals surface area contributed by atoms with Crippen LogP contribution in [0.25, 0.3) is 54.6 Å². The van der Waals surface area contributed by atoms with Crippen LogP contribution in [-0.2, 0) is 5.41 Å². The monoisotopic (exact) mass is 592 g/mol. The summed E-state index contributed by atoms with van der Waals surface area (Å²) in [7, 11) is 0. The maximum Gasteiger partial charge on any atom is 0.0181 e. The van der Waals surface area contributed by atoms with Crippen molar-refractivity contribution in [3.05, 3.63) is 119 Å². The van der Waals surface area contributed by atoms with Gasteiger partial charge in [0.2, 0.25) is 0 Å². The average Bonchev–Trinajstić information content (AvgIpc) is 2.99. The molecule has 0 saturated heterocycles. The predicted octanol–water partition coefficient (Wildman–Crippen LogP) is 11.7. The molecule has 0 radical (unpaired) electrons. The van der Waals surface area contributed by atoms with Gasteiger partial charge in [-0.25, -0.2) is 0 Å². The van der Waals surface area contributed by atoms with Crippen LogP contribution in [0.2, 0.25) is 0 Å². The molecule has 0 amide bonds. The molecule has 200 valence electrons. The van der Waals surface area contributed by atoms with E-state index < -0.39 is 0 Å². The molecule has 0 spiro atoms. The van der Waals surface area contributed by atoms with Gasteiger partial charge in [0.15, 0.2) is 0 Å². The van der Waals surface area contributed by atoms with E-state index in [4.69, 9.17) is 0 Å². The molecular weight excluding hydrogens is 560 g/mol. The smallest absolute Gasteiger partial charge is 0.0181 e. The van der Waals surface area contributed by atoms with Gasteiger partial charge in [0, 0.05) is 4.47 Å². The minimum Gasteiger partial charge on any atom is -0.0616 e. The molecule has 1 heteroatoms. The number of hydrogen-bond donors (Lipinski definition) is 0. The lowest BCUT2D eigenvalue weighted by Gasteiger charge is -2.57. The van der Waals surface area contributed by atoms with Gasteiger partial charge in [0.25, 0.3) is 0 Å².